The van der Waals surface area contributed by atoms with Crippen LogP contribution in [0, 0.1) is 0 Å². The maximum absolute atomic E-state index is 12.9. The summed E-state index contributed by atoms with van der Waals surface area (Å²) in [6, 6.07) is 23.2. The highest BCUT2D eigenvalue weighted by molar-refractivity contribution is 6.04. The van der Waals surface area contributed by atoms with Crippen molar-refractivity contribution in [2.75, 3.05) is 35.6 Å². The third kappa shape index (κ3) is 6.93. The lowest BCUT2D eigenvalue weighted by molar-refractivity contribution is -0.114. The Morgan fingerprint density at radius 2 is 1.29 bits per heavy atom. The van der Waals surface area contributed by atoms with E-state index in [1.165, 1.54) is 0 Å². The number of benzene rings is 3. The molecule has 3 aromatic carbocycles. The quantitative estimate of drug-likeness (QED) is 0.453. The predicted octanol–water partition coefficient (Wildman–Crippen LogP) is 5.01. The fourth-order valence-corrected chi connectivity index (χ4v) is 4.07. The Kier molecular flexibility index (Phi) is 8.12. The summed E-state index contributed by atoms with van der Waals surface area (Å²) in [6.07, 6.45) is 4.39. The number of rotatable bonds is 7. The van der Waals surface area contributed by atoms with Gasteiger partial charge < -0.3 is 20.9 Å². The van der Waals surface area contributed by atoms with Crippen molar-refractivity contribution >= 4 is 34.8 Å². The lowest BCUT2D eigenvalue weighted by atomic mass is 10.1. The molecule has 7 heteroatoms. The van der Waals surface area contributed by atoms with Crippen LogP contribution in [0.3, 0.4) is 0 Å². The van der Waals surface area contributed by atoms with Crippen LogP contribution in [0.1, 0.15) is 46.4 Å². The van der Waals surface area contributed by atoms with Crippen molar-refractivity contribution < 1.29 is 14.4 Å². The van der Waals surface area contributed by atoms with E-state index in [0.29, 0.717) is 28.2 Å². The first-order valence-electron chi connectivity index (χ1n) is 12.0. The average Bonchev–Trinajstić information content (AvgIpc) is 3.18. The smallest absolute Gasteiger partial charge is 0.255 e. The fraction of sp³-hybridized carbons (Fsp3) is 0.250. The second-order valence-corrected chi connectivity index (χ2v) is 8.59. The molecule has 3 amide bonds. The van der Waals surface area contributed by atoms with Gasteiger partial charge in [-0.05, 0) is 61.4 Å². The van der Waals surface area contributed by atoms with Crippen LogP contribution in [0.4, 0.5) is 17.1 Å². The molecule has 0 aromatic heterocycles. The second-order valence-electron chi connectivity index (χ2n) is 8.59. The van der Waals surface area contributed by atoms with Crippen molar-refractivity contribution in [1.29, 1.82) is 0 Å². The van der Waals surface area contributed by atoms with Crippen LogP contribution in [-0.4, -0.2) is 42.3 Å². The number of hydrogen-bond acceptors (Lipinski definition) is 4. The largest absolute Gasteiger partial charge is 0.376 e. The normalized spacial score (nSPS) is 13.4. The fourth-order valence-electron chi connectivity index (χ4n) is 4.07. The minimum atomic E-state index is -0.233. The number of nitrogens with one attached hydrogen (secondary N) is 3. The summed E-state index contributed by atoms with van der Waals surface area (Å²) in [7, 11) is 0. The Balaban J connectivity index is 1.31. The van der Waals surface area contributed by atoms with Crippen molar-refractivity contribution in [2.45, 2.75) is 25.7 Å². The third-order valence-electron chi connectivity index (χ3n) is 5.90. The third-order valence-corrected chi connectivity index (χ3v) is 5.90. The molecule has 0 spiro atoms. The first-order valence-corrected chi connectivity index (χ1v) is 12.0. The van der Waals surface area contributed by atoms with Crippen molar-refractivity contribution in [3.05, 3.63) is 90.0 Å². The van der Waals surface area contributed by atoms with E-state index in [4.69, 9.17) is 0 Å². The van der Waals surface area contributed by atoms with Gasteiger partial charge >= 0.3 is 0 Å². The number of nitrogens with zero attached hydrogens (tertiary/aromatic N) is 1. The molecule has 1 aliphatic rings. The summed E-state index contributed by atoms with van der Waals surface area (Å²) in [4.78, 5) is 39.7. The van der Waals surface area contributed by atoms with E-state index in [1.54, 1.807) is 54.6 Å². The van der Waals surface area contributed by atoms with Crippen molar-refractivity contribution in [3.8, 4) is 0 Å². The monoisotopic (exact) mass is 470 g/mol. The molecule has 3 aromatic rings. The van der Waals surface area contributed by atoms with Crippen LogP contribution in [0.2, 0.25) is 0 Å². The zero-order valence-corrected chi connectivity index (χ0v) is 19.6. The summed E-state index contributed by atoms with van der Waals surface area (Å²) in [5, 5.41) is 8.78. The number of carbonyl (C=O) groups excluding carboxylic acids is 3. The van der Waals surface area contributed by atoms with Crippen molar-refractivity contribution in [3.63, 3.8) is 0 Å². The lowest BCUT2D eigenvalue weighted by Crippen LogP contribution is -2.31. The van der Waals surface area contributed by atoms with Gasteiger partial charge in [-0.15, -0.1) is 0 Å². The molecule has 1 aliphatic heterocycles. The summed E-state index contributed by atoms with van der Waals surface area (Å²) < 4.78 is 0. The molecule has 1 heterocycles. The molecule has 0 aliphatic carbocycles. The topological polar surface area (TPSA) is 90.5 Å². The van der Waals surface area contributed by atoms with E-state index in [9.17, 15) is 14.4 Å². The number of amides is 3. The number of carbonyl (C=O) groups is 3. The van der Waals surface area contributed by atoms with Gasteiger partial charge in [0.25, 0.3) is 11.8 Å². The number of anilines is 3. The van der Waals surface area contributed by atoms with Gasteiger partial charge in [0.2, 0.25) is 5.91 Å². The average molecular weight is 471 g/mol. The summed E-state index contributed by atoms with van der Waals surface area (Å²) in [5.74, 6) is -0.423. The molecule has 35 heavy (non-hydrogen) atoms. The zero-order valence-electron chi connectivity index (χ0n) is 19.6. The first-order chi connectivity index (χ1) is 17.1. The van der Waals surface area contributed by atoms with Gasteiger partial charge in [-0.3, -0.25) is 14.4 Å². The van der Waals surface area contributed by atoms with Crippen LogP contribution in [0.5, 0.6) is 0 Å². The molecule has 1 fully saturated rings. The Morgan fingerprint density at radius 3 is 2.03 bits per heavy atom. The van der Waals surface area contributed by atoms with Crippen molar-refractivity contribution in [2.24, 2.45) is 0 Å². The van der Waals surface area contributed by atoms with Gasteiger partial charge in [0.1, 0.15) is 0 Å². The minimum Gasteiger partial charge on any atom is -0.376 e. The highest BCUT2D eigenvalue weighted by atomic mass is 16.2. The summed E-state index contributed by atoms with van der Waals surface area (Å²) in [6.45, 7) is 1.61. The van der Waals surface area contributed by atoms with Crippen molar-refractivity contribution in [1.82, 2.24) is 4.90 Å². The van der Waals surface area contributed by atoms with Crippen LogP contribution < -0.4 is 16.0 Å². The molecule has 1 saturated heterocycles. The maximum Gasteiger partial charge on any atom is 0.255 e. The van der Waals surface area contributed by atoms with E-state index < -0.39 is 0 Å². The van der Waals surface area contributed by atoms with E-state index >= 15 is 0 Å². The molecule has 0 bridgehead atoms. The van der Waals surface area contributed by atoms with Gasteiger partial charge in [-0.25, -0.2) is 0 Å². The van der Waals surface area contributed by atoms with Gasteiger partial charge in [0.15, 0.2) is 0 Å². The Bertz CT molecular complexity index is 1170. The Hall–Kier alpha value is -4.13. The molecule has 3 N–H and O–H groups in total. The van der Waals surface area contributed by atoms with Gasteiger partial charge in [0, 0.05) is 41.3 Å². The molecular formula is C28H30N4O3. The maximum atomic E-state index is 12.9. The molecule has 4 rings (SSSR count). The number of hydrogen-bond donors (Lipinski definition) is 3. The first kappa shape index (κ1) is 24.0. The predicted molar refractivity (Wildman–Crippen MR) is 139 cm³/mol. The number of likely N-dealkylation sites (tertiary alicyclic amines) is 1. The molecular weight excluding hydrogens is 440 g/mol. The molecule has 0 atom stereocenters. The van der Waals surface area contributed by atoms with Gasteiger partial charge in [-0.2, -0.15) is 0 Å². The SMILES string of the molecule is O=C(CNc1cccc(NC(=O)c2ccccc2)c1)Nc1cccc(C(=O)N2CCCCCC2)c1. The standard InChI is InChI=1S/C28H30N4O3/c33-26(30-24-14-8-12-22(18-24)28(35)32-16-6-1-2-7-17-32)20-29-23-13-9-15-25(19-23)31-27(34)21-10-4-3-5-11-21/h3-5,8-15,18-19,29H,1-2,6-7,16-17,20H2,(H,30,33)(H,31,34). The molecule has 0 unspecified atom stereocenters. The highest BCUT2D eigenvalue weighted by Crippen LogP contribution is 2.18. The molecule has 7 nitrogen and oxygen atoms in total. The van der Waals surface area contributed by atoms with Gasteiger partial charge in [-0.1, -0.05) is 43.2 Å². The van der Waals surface area contributed by atoms with E-state index in [-0.39, 0.29) is 24.3 Å². The molecule has 180 valence electrons. The van der Waals surface area contributed by atoms with Crippen LogP contribution in [0.15, 0.2) is 78.9 Å². The summed E-state index contributed by atoms with van der Waals surface area (Å²) >= 11 is 0. The van der Waals surface area contributed by atoms with Crippen LogP contribution >= 0.6 is 0 Å². The highest BCUT2D eigenvalue weighted by Gasteiger charge is 2.17. The van der Waals surface area contributed by atoms with E-state index in [0.717, 1.165) is 38.8 Å². The molecule has 0 radical (unpaired) electrons. The Labute approximate surface area is 205 Å². The molecule has 0 saturated carbocycles. The van der Waals surface area contributed by atoms with Crippen LogP contribution in [0.25, 0.3) is 0 Å². The minimum absolute atomic E-state index is 0.00971. The Morgan fingerprint density at radius 1 is 0.657 bits per heavy atom. The summed E-state index contributed by atoms with van der Waals surface area (Å²) in [5.41, 5.74) is 3.07. The van der Waals surface area contributed by atoms with E-state index in [2.05, 4.69) is 16.0 Å². The van der Waals surface area contributed by atoms with E-state index in [1.807, 2.05) is 29.2 Å². The second kappa shape index (κ2) is 11.8. The lowest BCUT2D eigenvalue weighted by Gasteiger charge is -2.20. The van der Waals surface area contributed by atoms with Crippen LogP contribution in [-0.2, 0) is 4.79 Å². The van der Waals surface area contributed by atoms with Gasteiger partial charge in [0.05, 0.1) is 6.54 Å². The zero-order chi connectivity index (χ0) is 24.5.